The molecule has 0 fully saturated rings. The number of unbranched alkanes of at least 4 members (excludes halogenated alkanes) is 3. The molecule has 24 heavy (non-hydrogen) atoms. The van der Waals surface area contributed by atoms with Gasteiger partial charge in [0.25, 0.3) is 0 Å². The molecule has 0 aliphatic carbocycles. The van der Waals surface area contributed by atoms with Gasteiger partial charge in [0.1, 0.15) is 0 Å². The third-order valence-electron chi connectivity index (χ3n) is 5.07. The van der Waals surface area contributed by atoms with Crippen molar-refractivity contribution in [1.82, 2.24) is 4.98 Å². The first-order chi connectivity index (χ1) is 11.7. The van der Waals surface area contributed by atoms with Crippen LogP contribution in [0.3, 0.4) is 0 Å². The van der Waals surface area contributed by atoms with Crippen molar-refractivity contribution in [3.05, 3.63) is 33.7 Å². The van der Waals surface area contributed by atoms with Gasteiger partial charge in [0.05, 0.1) is 0 Å². The Bertz CT molecular complexity index is 428. The molecule has 1 nitrogen and oxygen atoms in total. The molecule has 0 saturated carbocycles. The van der Waals surface area contributed by atoms with E-state index in [4.69, 9.17) is 0 Å². The van der Waals surface area contributed by atoms with Gasteiger partial charge in [-0.3, -0.25) is 0 Å². The fourth-order valence-electron chi connectivity index (χ4n) is 3.42. The predicted molar refractivity (Wildman–Crippen MR) is 112 cm³/mol. The van der Waals surface area contributed by atoms with Gasteiger partial charge in [0.15, 0.2) is 0 Å². The summed E-state index contributed by atoms with van der Waals surface area (Å²) < 4.78 is 7.38. The number of aryl methyl sites for hydroxylation is 1. The van der Waals surface area contributed by atoms with E-state index in [1.54, 1.807) is 13.3 Å². The number of nitrogens with zero attached hydrogens (tertiary/aromatic N) is 1. The fraction of sp³-hybridized carbons (Fsp3) is 0.682. The summed E-state index contributed by atoms with van der Waals surface area (Å²) in [4.78, 5) is 4.63. The summed E-state index contributed by atoms with van der Waals surface area (Å²) in [5.41, 5.74) is 2.53. The molecule has 1 heterocycles. The van der Waals surface area contributed by atoms with Gasteiger partial charge in [0, 0.05) is 0 Å². The quantitative estimate of drug-likeness (QED) is 0.293. The van der Waals surface area contributed by atoms with E-state index < -0.39 is 18.4 Å². The molecular weight excluding hydrogens is 397 g/mol. The third-order valence-corrected chi connectivity index (χ3v) is 19.1. The maximum atomic E-state index is 4.63. The van der Waals surface area contributed by atoms with Gasteiger partial charge in [-0.05, 0) is 0 Å². The standard InChI is InChI=1S/C10H12N.3C4H9.Sn/c1-3-5-10-7-6-9(4-2)8-11-10;3*1-3-4-2;/h2,4,6-8H,3,5H2,1H3;3*1,3-4H2,2H3;. The zero-order valence-electron chi connectivity index (χ0n) is 16.6. The fourth-order valence-corrected chi connectivity index (χ4v) is 17.6. The van der Waals surface area contributed by atoms with Crippen molar-refractivity contribution in [2.24, 2.45) is 0 Å². The van der Waals surface area contributed by atoms with Crippen molar-refractivity contribution in [2.75, 3.05) is 0 Å². The van der Waals surface area contributed by atoms with E-state index in [0.717, 1.165) is 6.42 Å². The molecule has 136 valence electrons. The summed E-state index contributed by atoms with van der Waals surface area (Å²) >= 11 is -2.13. The van der Waals surface area contributed by atoms with Crippen LogP contribution in [0.25, 0.3) is 6.08 Å². The summed E-state index contributed by atoms with van der Waals surface area (Å²) in [5.74, 6) is 0. The van der Waals surface area contributed by atoms with E-state index >= 15 is 0 Å². The zero-order chi connectivity index (χ0) is 17.7. The average Bonchev–Trinajstić information content (AvgIpc) is 2.62. The van der Waals surface area contributed by atoms with Crippen molar-refractivity contribution in [3.63, 3.8) is 0 Å². The van der Waals surface area contributed by atoms with E-state index in [-0.39, 0.29) is 0 Å². The van der Waals surface area contributed by atoms with Crippen molar-refractivity contribution in [3.8, 4) is 0 Å². The molecule has 0 amide bonds. The number of hydrogen-bond acceptors (Lipinski definition) is 1. The first-order valence-corrected chi connectivity index (χ1v) is 18.0. The number of aromatic nitrogens is 1. The number of hydrogen-bond donors (Lipinski definition) is 0. The van der Waals surface area contributed by atoms with Crippen LogP contribution in [-0.2, 0) is 6.42 Å². The molecule has 1 aromatic rings. The van der Waals surface area contributed by atoms with E-state index in [1.807, 2.05) is 0 Å². The first kappa shape index (κ1) is 21.7. The van der Waals surface area contributed by atoms with Crippen molar-refractivity contribution < 1.29 is 0 Å². The van der Waals surface area contributed by atoms with Crippen LogP contribution in [-0.4, -0.2) is 23.4 Å². The Morgan fingerprint density at radius 1 is 0.833 bits per heavy atom. The summed E-state index contributed by atoms with van der Waals surface area (Å²) in [6.07, 6.45) is 15.1. The Labute approximate surface area is 155 Å². The summed E-state index contributed by atoms with van der Waals surface area (Å²) in [7, 11) is 0. The van der Waals surface area contributed by atoms with Crippen LogP contribution >= 0.6 is 0 Å². The molecule has 1 rings (SSSR count). The molecule has 0 aliphatic rings. The molecule has 0 aromatic carbocycles. The monoisotopic (exact) mass is 437 g/mol. The minimum atomic E-state index is -2.13. The molecule has 0 spiro atoms. The molecule has 1 aromatic heterocycles. The summed E-state index contributed by atoms with van der Waals surface area (Å²) in [6.45, 7) is 9.25. The topological polar surface area (TPSA) is 12.9 Å². The van der Waals surface area contributed by atoms with Gasteiger partial charge >= 0.3 is 155 Å². The Balaban J connectivity index is 2.89. The van der Waals surface area contributed by atoms with Gasteiger partial charge in [-0.15, -0.1) is 0 Å². The second-order valence-corrected chi connectivity index (χ2v) is 20.3. The Kier molecular flexibility index (Phi) is 11.7. The number of rotatable bonds is 13. The molecule has 0 saturated heterocycles. The molecule has 0 radical (unpaired) electrons. The Morgan fingerprint density at radius 3 is 1.83 bits per heavy atom. The maximum absolute atomic E-state index is 4.63. The van der Waals surface area contributed by atoms with Crippen LogP contribution in [0, 0.1) is 0 Å². The van der Waals surface area contributed by atoms with E-state index in [1.165, 1.54) is 56.2 Å². The molecule has 0 atom stereocenters. The van der Waals surface area contributed by atoms with Gasteiger partial charge in [-0.2, -0.15) is 0 Å². The SMILES string of the molecule is CCC[CH2][Sn](/[CH]=C\c1ccc(CCC)nc1)([CH2]CCC)[CH2]CCC. The third kappa shape index (κ3) is 8.18. The Hall–Kier alpha value is -0.311. The zero-order valence-corrected chi connectivity index (χ0v) is 19.5. The van der Waals surface area contributed by atoms with E-state index in [2.05, 4.69) is 61.2 Å². The van der Waals surface area contributed by atoms with Crippen LogP contribution in [0.5, 0.6) is 0 Å². The molecule has 2 heteroatoms. The molecular formula is C22H39NSn. The molecule has 0 bridgehead atoms. The Morgan fingerprint density at radius 2 is 1.42 bits per heavy atom. The van der Waals surface area contributed by atoms with Crippen LogP contribution in [0.1, 0.15) is 83.9 Å². The molecule has 0 aliphatic heterocycles. The second-order valence-electron chi connectivity index (χ2n) is 7.34. The summed E-state index contributed by atoms with van der Waals surface area (Å²) in [5, 5.41) is 0. The number of pyridine rings is 1. The van der Waals surface area contributed by atoms with Gasteiger partial charge < -0.3 is 0 Å². The normalized spacial score (nSPS) is 12.2. The van der Waals surface area contributed by atoms with Crippen LogP contribution < -0.4 is 0 Å². The van der Waals surface area contributed by atoms with Gasteiger partial charge in [0.2, 0.25) is 0 Å². The van der Waals surface area contributed by atoms with E-state index in [0.29, 0.717) is 0 Å². The average molecular weight is 436 g/mol. The van der Waals surface area contributed by atoms with Crippen LogP contribution in [0.2, 0.25) is 13.3 Å². The first-order valence-electron chi connectivity index (χ1n) is 10.3. The van der Waals surface area contributed by atoms with Gasteiger partial charge in [-0.1, -0.05) is 0 Å². The van der Waals surface area contributed by atoms with Crippen LogP contribution in [0.15, 0.2) is 22.4 Å². The molecule has 0 N–H and O–H groups in total. The van der Waals surface area contributed by atoms with E-state index in [9.17, 15) is 0 Å². The minimum absolute atomic E-state index is 1.09. The van der Waals surface area contributed by atoms with Crippen LogP contribution in [0.4, 0.5) is 0 Å². The summed E-state index contributed by atoms with van der Waals surface area (Å²) in [6, 6.07) is 4.48. The van der Waals surface area contributed by atoms with Crippen molar-refractivity contribution in [1.29, 1.82) is 0 Å². The second kappa shape index (κ2) is 13.0. The molecule has 0 unspecified atom stereocenters. The predicted octanol–water partition coefficient (Wildman–Crippen LogP) is 7.44. The van der Waals surface area contributed by atoms with Crippen molar-refractivity contribution >= 4 is 24.5 Å². The van der Waals surface area contributed by atoms with Gasteiger partial charge in [-0.25, -0.2) is 0 Å². The van der Waals surface area contributed by atoms with Crippen molar-refractivity contribution in [2.45, 2.75) is 92.4 Å².